The second-order valence-corrected chi connectivity index (χ2v) is 6.02. The van der Waals surface area contributed by atoms with Crippen molar-refractivity contribution in [2.75, 3.05) is 0 Å². The SMILES string of the molecule is Cc1nc(CCCc2ccccc2)sc1CCC(=O)O. The Kier molecular flexibility index (Phi) is 5.30. The van der Waals surface area contributed by atoms with Crippen molar-refractivity contribution >= 4 is 17.3 Å². The third-order valence-corrected chi connectivity index (χ3v) is 4.48. The van der Waals surface area contributed by atoms with Gasteiger partial charge >= 0.3 is 5.97 Å². The number of rotatable bonds is 7. The van der Waals surface area contributed by atoms with E-state index in [-0.39, 0.29) is 6.42 Å². The maximum Gasteiger partial charge on any atom is 0.303 e. The average Bonchev–Trinajstić information content (AvgIpc) is 2.78. The summed E-state index contributed by atoms with van der Waals surface area (Å²) in [4.78, 5) is 16.3. The number of nitrogens with zero attached hydrogens (tertiary/aromatic N) is 1. The molecule has 0 saturated heterocycles. The first-order valence-corrected chi connectivity index (χ1v) is 7.67. The van der Waals surface area contributed by atoms with Crippen LogP contribution in [0.4, 0.5) is 0 Å². The first-order valence-electron chi connectivity index (χ1n) is 6.86. The normalized spacial score (nSPS) is 10.7. The molecule has 1 heterocycles. The fraction of sp³-hybridized carbons (Fsp3) is 0.375. The standard InChI is InChI=1S/C16H19NO2S/c1-12-14(10-11-16(18)19)20-15(17-12)9-5-8-13-6-3-2-4-7-13/h2-4,6-7H,5,8-11H2,1H3,(H,18,19). The smallest absolute Gasteiger partial charge is 0.303 e. The number of hydrogen-bond donors (Lipinski definition) is 1. The summed E-state index contributed by atoms with van der Waals surface area (Å²) < 4.78 is 0. The topological polar surface area (TPSA) is 50.2 Å². The molecule has 3 nitrogen and oxygen atoms in total. The molecule has 0 aliphatic carbocycles. The maximum absolute atomic E-state index is 10.6. The summed E-state index contributed by atoms with van der Waals surface area (Å²) in [7, 11) is 0. The Balaban J connectivity index is 1.84. The Morgan fingerprint density at radius 1 is 1.20 bits per heavy atom. The number of thiazole rings is 1. The minimum atomic E-state index is -0.747. The molecule has 1 N–H and O–H groups in total. The predicted molar refractivity (Wildman–Crippen MR) is 81.3 cm³/mol. The molecule has 0 atom stereocenters. The molecule has 2 aromatic rings. The van der Waals surface area contributed by atoms with Gasteiger partial charge in [-0.05, 0) is 38.2 Å². The molecule has 0 unspecified atom stereocenters. The number of carboxylic acids is 1. The molecule has 1 aromatic heterocycles. The summed E-state index contributed by atoms with van der Waals surface area (Å²) in [5.74, 6) is -0.747. The minimum Gasteiger partial charge on any atom is -0.481 e. The second-order valence-electron chi connectivity index (χ2n) is 4.85. The van der Waals surface area contributed by atoms with Crippen molar-refractivity contribution in [2.24, 2.45) is 0 Å². The van der Waals surface area contributed by atoms with Crippen molar-refractivity contribution < 1.29 is 9.90 Å². The van der Waals surface area contributed by atoms with Crippen LogP contribution in [0.15, 0.2) is 30.3 Å². The van der Waals surface area contributed by atoms with Gasteiger partial charge in [-0.3, -0.25) is 4.79 Å². The van der Waals surface area contributed by atoms with Crippen LogP contribution in [0.3, 0.4) is 0 Å². The molecular weight excluding hydrogens is 270 g/mol. The number of hydrogen-bond acceptors (Lipinski definition) is 3. The number of aliphatic carboxylic acids is 1. The van der Waals surface area contributed by atoms with E-state index in [0.717, 1.165) is 34.8 Å². The van der Waals surface area contributed by atoms with E-state index < -0.39 is 5.97 Å². The summed E-state index contributed by atoms with van der Waals surface area (Å²) in [6.07, 6.45) is 3.89. The Morgan fingerprint density at radius 2 is 1.95 bits per heavy atom. The molecule has 0 radical (unpaired) electrons. The van der Waals surface area contributed by atoms with Gasteiger partial charge in [0.1, 0.15) is 0 Å². The van der Waals surface area contributed by atoms with Crippen molar-refractivity contribution in [2.45, 2.75) is 39.0 Å². The molecule has 4 heteroatoms. The molecule has 0 saturated carbocycles. The van der Waals surface area contributed by atoms with E-state index in [1.54, 1.807) is 11.3 Å². The van der Waals surface area contributed by atoms with Crippen molar-refractivity contribution in [3.63, 3.8) is 0 Å². The Labute approximate surface area is 123 Å². The largest absolute Gasteiger partial charge is 0.481 e. The van der Waals surface area contributed by atoms with Crippen LogP contribution >= 0.6 is 11.3 Å². The zero-order valence-corrected chi connectivity index (χ0v) is 12.4. The second kappa shape index (κ2) is 7.20. The van der Waals surface area contributed by atoms with Gasteiger partial charge in [0, 0.05) is 4.88 Å². The average molecular weight is 289 g/mol. The van der Waals surface area contributed by atoms with Crippen LogP contribution in [-0.4, -0.2) is 16.1 Å². The highest BCUT2D eigenvalue weighted by Crippen LogP contribution is 2.21. The van der Waals surface area contributed by atoms with E-state index in [4.69, 9.17) is 5.11 Å². The van der Waals surface area contributed by atoms with Gasteiger partial charge in [-0.25, -0.2) is 4.98 Å². The van der Waals surface area contributed by atoms with Crippen LogP contribution in [-0.2, 0) is 24.1 Å². The Hall–Kier alpha value is -1.68. The molecule has 0 spiro atoms. The number of aromatic nitrogens is 1. The molecular formula is C16H19NO2S. The van der Waals surface area contributed by atoms with E-state index in [1.807, 2.05) is 13.0 Å². The van der Waals surface area contributed by atoms with Crippen LogP contribution in [0.5, 0.6) is 0 Å². The minimum absolute atomic E-state index is 0.187. The molecule has 106 valence electrons. The quantitative estimate of drug-likeness (QED) is 0.846. The van der Waals surface area contributed by atoms with E-state index in [2.05, 4.69) is 29.2 Å². The number of carbonyl (C=O) groups is 1. The number of carboxylic acid groups (broad SMARTS) is 1. The lowest BCUT2D eigenvalue weighted by Gasteiger charge is -1.99. The van der Waals surface area contributed by atoms with E-state index >= 15 is 0 Å². The molecule has 1 aromatic carbocycles. The van der Waals surface area contributed by atoms with Crippen LogP contribution in [0, 0.1) is 6.92 Å². The zero-order valence-electron chi connectivity index (χ0n) is 11.6. The first-order chi connectivity index (χ1) is 9.65. The molecule has 0 aliphatic rings. The van der Waals surface area contributed by atoms with Crippen LogP contribution in [0.25, 0.3) is 0 Å². The zero-order chi connectivity index (χ0) is 14.4. The van der Waals surface area contributed by atoms with Crippen molar-refractivity contribution in [1.29, 1.82) is 0 Å². The fourth-order valence-electron chi connectivity index (χ4n) is 2.14. The summed E-state index contributed by atoms with van der Waals surface area (Å²) in [6.45, 7) is 1.97. The van der Waals surface area contributed by atoms with Gasteiger partial charge in [0.05, 0.1) is 17.1 Å². The third-order valence-electron chi connectivity index (χ3n) is 3.20. The molecule has 0 amide bonds. The number of benzene rings is 1. The van der Waals surface area contributed by atoms with E-state index in [0.29, 0.717) is 6.42 Å². The van der Waals surface area contributed by atoms with Gasteiger partial charge in [-0.2, -0.15) is 0 Å². The van der Waals surface area contributed by atoms with Gasteiger partial charge in [0.15, 0.2) is 0 Å². The van der Waals surface area contributed by atoms with Crippen LogP contribution in [0.1, 0.15) is 34.0 Å². The summed E-state index contributed by atoms with van der Waals surface area (Å²) in [5.41, 5.74) is 2.35. The maximum atomic E-state index is 10.6. The Bertz CT molecular complexity index is 563. The molecule has 0 fully saturated rings. The van der Waals surface area contributed by atoms with Gasteiger partial charge in [-0.15, -0.1) is 11.3 Å². The highest BCUT2D eigenvalue weighted by molar-refractivity contribution is 7.11. The van der Waals surface area contributed by atoms with Gasteiger partial charge in [0.2, 0.25) is 0 Å². The van der Waals surface area contributed by atoms with E-state index in [9.17, 15) is 4.79 Å². The highest BCUT2D eigenvalue weighted by atomic mass is 32.1. The monoisotopic (exact) mass is 289 g/mol. The molecule has 0 aliphatic heterocycles. The van der Waals surface area contributed by atoms with Crippen LogP contribution < -0.4 is 0 Å². The lowest BCUT2D eigenvalue weighted by atomic mass is 10.1. The van der Waals surface area contributed by atoms with Gasteiger partial charge < -0.3 is 5.11 Å². The summed E-state index contributed by atoms with van der Waals surface area (Å²) in [6, 6.07) is 10.4. The van der Waals surface area contributed by atoms with Gasteiger partial charge in [-0.1, -0.05) is 30.3 Å². The Morgan fingerprint density at radius 3 is 2.65 bits per heavy atom. The third kappa shape index (κ3) is 4.46. The first kappa shape index (κ1) is 14.7. The van der Waals surface area contributed by atoms with E-state index in [1.165, 1.54) is 5.56 Å². The van der Waals surface area contributed by atoms with Gasteiger partial charge in [0.25, 0.3) is 0 Å². The van der Waals surface area contributed by atoms with Crippen molar-refractivity contribution in [1.82, 2.24) is 4.98 Å². The fourth-order valence-corrected chi connectivity index (χ4v) is 3.25. The predicted octanol–water partition coefficient (Wildman–Crippen LogP) is 3.64. The number of aryl methyl sites for hydroxylation is 4. The lowest BCUT2D eigenvalue weighted by Crippen LogP contribution is -1.96. The lowest BCUT2D eigenvalue weighted by molar-refractivity contribution is -0.136. The highest BCUT2D eigenvalue weighted by Gasteiger charge is 2.09. The molecule has 20 heavy (non-hydrogen) atoms. The summed E-state index contributed by atoms with van der Waals surface area (Å²) in [5, 5.41) is 9.85. The molecule has 0 bridgehead atoms. The van der Waals surface area contributed by atoms with Crippen LogP contribution in [0.2, 0.25) is 0 Å². The van der Waals surface area contributed by atoms with Crippen molar-refractivity contribution in [3.05, 3.63) is 51.5 Å². The summed E-state index contributed by atoms with van der Waals surface area (Å²) >= 11 is 1.66. The van der Waals surface area contributed by atoms with Crippen molar-refractivity contribution in [3.8, 4) is 0 Å². The molecule has 2 rings (SSSR count).